The quantitative estimate of drug-likeness (QED) is 0.581. The van der Waals surface area contributed by atoms with E-state index in [4.69, 9.17) is 9.47 Å². The zero-order valence-corrected chi connectivity index (χ0v) is 12.4. The number of rotatable bonds is 7. The molecule has 20 heavy (non-hydrogen) atoms. The van der Waals surface area contributed by atoms with E-state index in [-0.39, 0.29) is 12.4 Å². The van der Waals surface area contributed by atoms with Crippen LogP contribution in [0.1, 0.15) is 20.9 Å². The van der Waals surface area contributed by atoms with Crippen molar-refractivity contribution in [2.75, 3.05) is 20.3 Å². The van der Waals surface area contributed by atoms with Crippen molar-refractivity contribution < 1.29 is 14.3 Å². The summed E-state index contributed by atoms with van der Waals surface area (Å²) in [5, 5.41) is 0. The number of ketones is 1. The maximum atomic E-state index is 12.0. The number of carbonyl (C=O) groups is 1. The molecule has 1 aromatic heterocycles. The summed E-state index contributed by atoms with van der Waals surface area (Å²) < 4.78 is 10.5. The summed E-state index contributed by atoms with van der Waals surface area (Å²) in [5.41, 5.74) is 3.47. The topological polar surface area (TPSA) is 48.4 Å². The Bertz CT molecular complexity index is 580. The van der Waals surface area contributed by atoms with Crippen molar-refractivity contribution in [3.8, 4) is 5.75 Å². The van der Waals surface area contributed by atoms with Crippen LogP contribution in [0.15, 0.2) is 29.8 Å². The number of aromatic nitrogens is 1. The van der Waals surface area contributed by atoms with E-state index in [9.17, 15) is 4.79 Å². The highest BCUT2D eigenvalue weighted by Crippen LogP contribution is 2.14. The highest BCUT2D eigenvalue weighted by Gasteiger charge is 2.07. The Balaban J connectivity index is 1.79. The lowest BCUT2D eigenvalue weighted by atomic mass is 10.1. The maximum Gasteiger partial charge on any atom is 0.188 e. The minimum Gasteiger partial charge on any atom is -0.497 e. The molecule has 0 N–H and O–H groups in total. The number of hydrogen-bond donors (Lipinski definition) is 0. The molecule has 0 aliphatic carbocycles. The minimum absolute atomic E-state index is 0.0371. The van der Waals surface area contributed by atoms with E-state index >= 15 is 0 Å². The van der Waals surface area contributed by atoms with Crippen LogP contribution in [-0.4, -0.2) is 31.1 Å². The van der Waals surface area contributed by atoms with E-state index in [1.54, 1.807) is 36.6 Å². The Labute approximate surface area is 122 Å². The van der Waals surface area contributed by atoms with Gasteiger partial charge in [0.2, 0.25) is 0 Å². The third kappa shape index (κ3) is 3.88. The first-order valence-electron chi connectivity index (χ1n) is 6.34. The Morgan fingerprint density at radius 1 is 1.40 bits per heavy atom. The third-order valence-corrected chi connectivity index (χ3v) is 3.94. The number of ether oxygens (including phenoxy) is 2. The van der Waals surface area contributed by atoms with Gasteiger partial charge >= 0.3 is 0 Å². The first-order chi connectivity index (χ1) is 9.70. The summed E-state index contributed by atoms with van der Waals surface area (Å²) in [6.45, 7) is 2.59. The van der Waals surface area contributed by atoms with E-state index in [0.717, 1.165) is 12.1 Å². The lowest BCUT2D eigenvalue weighted by Gasteiger charge is -2.05. The smallest absolute Gasteiger partial charge is 0.188 e. The van der Waals surface area contributed by atoms with Gasteiger partial charge in [-0.3, -0.25) is 4.79 Å². The van der Waals surface area contributed by atoms with Crippen LogP contribution in [0, 0.1) is 6.92 Å². The molecule has 1 aromatic carbocycles. The van der Waals surface area contributed by atoms with Crippen molar-refractivity contribution in [3.63, 3.8) is 0 Å². The second kappa shape index (κ2) is 7.17. The molecule has 1 heterocycles. The van der Waals surface area contributed by atoms with Crippen LogP contribution in [0.2, 0.25) is 0 Å². The highest BCUT2D eigenvalue weighted by atomic mass is 32.1. The van der Waals surface area contributed by atoms with Crippen LogP contribution in [0.3, 0.4) is 0 Å². The summed E-state index contributed by atoms with van der Waals surface area (Å²) >= 11 is 1.62. The van der Waals surface area contributed by atoms with Crippen molar-refractivity contribution in [1.29, 1.82) is 0 Å². The van der Waals surface area contributed by atoms with Gasteiger partial charge in [0.05, 0.1) is 24.9 Å². The molecule has 5 heteroatoms. The van der Waals surface area contributed by atoms with Crippen molar-refractivity contribution in [2.24, 2.45) is 0 Å². The van der Waals surface area contributed by atoms with E-state index in [0.29, 0.717) is 17.9 Å². The van der Waals surface area contributed by atoms with Crippen molar-refractivity contribution in [1.82, 2.24) is 4.98 Å². The molecule has 2 rings (SSSR count). The molecule has 4 nitrogen and oxygen atoms in total. The van der Waals surface area contributed by atoms with Crippen LogP contribution in [0.4, 0.5) is 0 Å². The molecule has 0 spiro atoms. The maximum absolute atomic E-state index is 12.0. The lowest BCUT2D eigenvalue weighted by Crippen LogP contribution is -2.11. The largest absolute Gasteiger partial charge is 0.497 e. The second-order valence-electron chi connectivity index (χ2n) is 4.32. The predicted molar refractivity (Wildman–Crippen MR) is 78.7 cm³/mol. The number of carbonyl (C=O) groups excluding carboxylic acids is 1. The molecular weight excluding hydrogens is 274 g/mol. The molecule has 0 atom stereocenters. The summed E-state index contributed by atoms with van der Waals surface area (Å²) in [6.07, 6.45) is 0.794. The second-order valence-corrected chi connectivity index (χ2v) is 5.26. The Kier molecular flexibility index (Phi) is 5.26. The number of methoxy groups -OCH3 is 1. The average Bonchev–Trinajstić information content (AvgIpc) is 2.89. The summed E-state index contributed by atoms with van der Waals surface area (Å²) in [5.74, 6) is 0.640. The highest BCUT2D eigenvalue weighted by molar-refractivity contribution is 7.09. The first kappa shape index (κ1) is 14.7. The standard InChI is InChI=1S/C15H17NO3S/c1-11-15(20-10-16-11)6-7-19-9-14(17)12-4-3-5-13(8-12)18-2/h3-5,8,10H,6-7,9H2,1-2H3. The molecule has 0 saturated carbocycles. The van der Waals surface area contributed by atoms with E-state index < -0.39 is 0 Å². The summed E-state index contributed by atoms with van der Waals surface area (Å²) in [4.78, 5) is 17.3. The predicted octanol–water partition coefficient (Wildman–Crippen LogP) is 2.90. The Hall–Kier alpha value is -1.72. The molecule has 2 aromatic rings. The molecule has 106 valence electrons. The van der Waals surface area contributed by atoms with Gasteiger partial charge in [0.25, 0.3) is 0 Å². The Morgan fingerprint density at radius 2 is 2.25 bits per heavy atom. The van der Waals surface area contributed by atoms with Crippen LogP contribution >= 0.6 is 11.3 Å². The van der Waals surface area contributed by atoms with E-state index in [2.05, 4.69) is 4.98 Å². The molecule has 0 fully saturated rings. The summed E-state index contributed by atoms with van der Waals surface area (Å²) in [6, 6.07) is 7.09. The molecule has 0 aliphatic heterocycles. The molecule has 0 unspecified atom stereocenters. The van der Waals surface area contributed by atoms with E-state index in [1.165, 1.54) is 4.88 Å². The molecule has 0 bridgehead atoms. The minimum atomic E-state index is -0.0371. The number of Topliss-reactive ketones (excluding diaryl/α,β-unsaturated/α-hetero) is 1. The number of benzene rings is 1. The van der Waals surface area contributed by atoms with Crippen LogP contribution in [0.5, 0.6) is 5.75 Å². The number of nitrogens with zero attached hydrogens (tertiary/aromatic N) is 1. The molecule has 0 radical (unpaired) electrons. The van der Waals surface area contributed by atoms with Crippen LogP contribution in [-0.2, 0) is 11.2 Å². The van der Waals surface area contributed by atoms with Gasteiger partial charge in [-0.15, -0.1) is 11.3 Å². The van der Waals surface area contributed by atoms with Gasteiger partial charge in [0, 0.05) is 16.9 Å². The average molecular weight is 291 g/mol. The fourth-order valence-corrected chi connectivity index (χ4v) is 2.54. The van der Waals surface area contributed by atoms with Gasteiger partial charge in [0.1, 0.15) is 12.4 Å². The van der Waals surface area contributed by atoms with Gasteiger partial charge in [0.15, 0.2) is 5.78 Å². The number of hydrogen-bond acceptors (Lipinski definition) is 5. The fourth-order valence-electron chi connectivity index (χ4n) is 1.78. The van der Waals surface area contributed by atoms with Crippen molar-refractivity contribution in [2.45, 2.75) is 13.3 Å². The normalized spacial score (nSPS) is 10.5. The zero-order chi connectivity index (χ0) is 14.4. The molecular formula is C15H17NO3S. The van der Waals surface area contributed by atoms with Gasteiger partial charge in [-0.1, -0.05) is 12.1 Å². The van der Waals surface area contributed by atoms with Gasteiger partial charge < -0.3 is 9.47 Å². The monoisotopic (exact) mass is 291 g/mol. The molecule has 0 saturated heterocycles. The first-order valence-corrected chi connectivity index (χ1v) is 7.22. The fraction of sp³-hybridized carbons (Fsp3) is 0.333. The van der Waals surface area contributed by atoms with Gasteiger partial charge in [-0.2, -0.15) is 0 Å². The van der Waals surface area contributed by atoms with Crippen LogP contribution < -0.4 is 4.74 Å². The summed E-state index contributed by atoms with van der Waals surface area (Å²) in [7, 11) is 1.58. The number of thiazole rings is 1. The lowest BCUT2D eigenvalue weighted by molar-refractivity contribution is 0.0766. The van der Waals surface area contributed by atoms with Crippen molar-refractivity contribution in [3.05, 3.63) is 45.9 Å². The SMILES string of the molecule is COc1cccc(C(=O)COCCc2scnc2C)c1. The zero-order valence-electron chi connectivity index (χ0n) is 11.6. The van der Waals surface area contributed by atoms with E-state index in [1.807, 2.05) is 18.5 Å². The Morgan fingerprint density at radius 3 is 2.95 bits per heavy atom. The molecule has 0 amide bonds. The number of aryl methyl sites for hydroxylation is 1. The van der Waals surface area contributed by atoms with Crippen LogP contribution in [0.25, 0.3) is 0 Å². The van der Waals surface area contributed by atoms with Gasteiger partial charge in [-0.05, 0) is 19.1 Å². The third-order valence-electron chi connectivity index (χ3n) is 2.94. The van der Waals surface area contributed by atoms with Gasteiger partial charge in [-0.25, -0.2) is 4.98 Å². The molecule has 0 aliphatic rings. The van der Waals surface area contributed by atoms with Crippen molar-refractivity contribution >= 4 is 17.1 Å².